The second-order valence-corrected chi connectivity index (χ2v) is 4.71. The van der Waals surface area contributed by atoms with Crippen molar-refractivity contribution in [3.63, 3.8) is 0 Å². The minimum Gasteiger partial charge on any atom is -0.494 e. The lowest BCUT2D eigenvalue weighted by Gasteiger charge is -2.13. The first-order chi connectivity index (χ1) is 10.1. The maximum Gasteiger partial charge on any atom is 0.409 e. The van der Waals surface area contributed by atoms with E-state index in [4.69, 9.17) is 15.2 Å². The van der Waals surface area contributed by atoms with Crippen LogP contribution in [-0.4, -0.2) is 43.7 Å². The topological polar surface area (TPSA) is 93.9 Å². The Bertz CT molecular complexity index is 533. The van der Waals surface area contributed by atoms with Crippen LogP contribution in [-0.2, 0) is 9.53 Å². The van der Waals surface area contributed by atoms with E-state index < -0.39 is 0 Å². The second kappa shape index (κ2) is 6.83. The van der Waals surface area contributed by atoms with E-state index in [-0.39, 0.29) is 12.0 Å². The summed E-state index contributed by atoms with van der Waals surface area (Å²) in [6.45, 7) is 1.53. The van der Waals surface area contributed by atoms with Crippen LogP contribution in [0.5, 0.6) is 5.75 Å². The van der Waals surface area contributed by atoms with E-state index in [0.717, 1.165) is 0 Å². The lowest BCUT2D eigenvalue weighted by Crippen LogP contribution is -2.26. The minimum absolute atomic E-state index is 0.134. The molecule has 0 bridgehead atoms. The van der Waals surface area contributed by atoms with Gasteiger partial charge in [-0.1, -0.05) is 0 Å². The molecule has 1 saturated heterocycles. The van der Waals surface area contributed by atoms with Gasteiger partial charge in [-0.15, -0.1) is 0 Å². The van der Waals surface area contributed by atoms with E-state index in [1.54, 1.807) is 23.1 Å². The summed E-state index contributed by atoms with van der Waals surface area (Å²) in [5.74, 6) is 0.386. The SMILES string of the molecule is COc1cc(N)ccc1NC(=O)CCCN1CCOC1=O. The van der Waals surface area contributed by atoms with Crippen molar-refractivity contribution in [1.29, 1.82) is 0 Å². The fraction of sp³-hybridized carbons (Fsp3) is 0.429. The Balaban J connectivity index is 1.80. The Morgan fingerprint density at radius 2 is 2.33 bits per heavy atom. The van der Waals surface area contributed by atoms with Crippen LogP contribution < -0.4 is 15.8 Å². The minimum atomic E-state index is -0.310. The maximum absolute atomic E-state index is 11.9. The Hall–Kier alpha value is -2.44. The predicted octanol–water partition coefficient (Wildman–Crippen LogP) is 1.45. The highest BCUT2D eigenvalue weighted by Gasteiger charge is 2.21. The van der Waals surface area contributed by atoms with Gasteiger partial charge in [-0.25, -0.2) is 4.79 Å². The number of benzene rings is 1. The fourth-order valence-electron chi connectivity index (χ4n) is 2.08. The lowest BCUT2D eigenvalue weighted by molar-refractivity contribution is -0.116. The quantitative estimate of drug-likeness (QED) is 0.774. The third-order valence-corrected chi connectivity index (χ3v) is 3.18. The number of ether oxygens (including phenoxy) is 2. The molecule has 0 unspecified atom stereocenters. The molecular formula is C14H19N3O4. The number of cyclic esters (lactones) is 1. The molecule has 0 spiro atoms. The van der Waals surface area contributed by atoms with E-state index >= 15 is 0 Å². The first-order valence-corrected chi connectivity index (χ1v) is 6.75. The summed E-state index contributed by atoms with van der Waals surface area (Å²) in [5, 5.41) is 2.77. The van der Waals surface area contributed by atoms with Crippen LogP contribution >= 0.6 is 0 Å². The first-order valence-electron chi connectivity index (χ1n) is 6.75. The number of hydrogen-bond acceptors (Lipinski definition) is 5. The van der Waals surface area contributed by atoms with Crippen LogP contribution in [0, 0.1) is 0 Å². The van der Waals surface area contributed by atoms with Crippen LogP contribution in [0.1, 0.15) is 12.8 Å². The molecule has 0 radical (unpaired) electrons. The van der Waals surface area contributed by atoms with Gasteiger partial charge in [-0.3, -0.25) is 4.79 Å². The highest BCUT2D eigenvalue weighted by atomic mass is 16.6. The fourth-order valence-corrected chi connectivity index (χ4v) is 2.08. The molecule has 1 aliphatic rings. The van der Waals surface area contributed by atoms with Gasteiger partial charge in [0.2, 0.25) is 5.91 Å². The Kier molecular flexibility index (Phi) is 4.86. The van der Waals surface area contributed by atoms with Gasteiger partial charge in [0.15, 0.2) is 0 Å². The summed E-state index contributed by atoms with van der Waals surface area (Å²) in [4.78, 5) is 24.7. The van der Waals surface area contributed by atoms with Crippen molar-refractivity contribution >= 4 is 23.4 Å². The van der Waals surface area contributed by atoms with Gasteiger partial charge in [-0.2, -0.15) is 0 Å². The second-order valence-electron chi connectivity index (χ2n) is 4.71. The summed E-state index contributed by atoms with van der Waals surface area (Å²) >= 11 is 0. The standard InChI is InChI=1S/C14H19N3O4/c1-20-12-9-10(15)4-5-11(12)16-13(18)3-2-6-17-7-8-21-14(17)19/h4-5,9H,2-3,6-8,15H2,1H3,(H,16,18). The zero-order chi connectivity index (χ0) is 15.2. The molecule has 7 nitrogen and oxygen atoms in total. The van der Waals surface area contributed by atoms with E-state index in [1.807, 2.05) is 0 Å². The number of hydrogen-bond donors (Lipinski definition) is 2. The van der Waals surface area contributed by atoms with E-state index in [1.165, 1.54) is 7.11 Å². The summed E-state index contributed by atoms with van der Waals surface area (Å²) in [6, 6.07) is 5.04. The van der Waals surface area contributed by atoms with Gasteiger partial charge < -0.3 is 25.4 Å². The summed E-state index contributed by atoms with van der Waals surface area (Å²) < 4.78 is 9.98. The molecule has 1 aromatic rings. The van der Waals surface area contributed by atoms with Gasteiger partial charge in [-0.05, 0) is 18.6 Å². The van der Waals surface area contributed by atoms with Crippen molar-refractivity contribution in [2.24, 2.45) is 0 Å². The van der Waals surface area contributed by atoms with Crippen LogP contribution in [0.3, 0.4) is 0 Å². The molecule has 1 aliphatic heterocycles. The van der Waals surface area contributed by atoms with Crippen LogP contribution in [0.4, 0.5) is 16.2 Å². The van der Waals surface area contributed by atoms with Crippen molar-refractivity contribution in [3.05, 3.63) is 18.2 Å². The number of nitrogens with one attached hydrogen (secondary N) is 1. The summed E-state index contributed by atoms with van der Waals surface area (Å²) in [7, 11) is 1.52. The molecule has 2 rings (SSSR count). The van der Waals surface area contributed by atoms with E-state index in [9.17, 15) is 9.59 Å². The van der Waals surface area contributed by atoms with Gasteiger partial charge in [0.05, 0.1) is 19.3 Å². The van der Waals surface area contributed by atoms with Crippen LogP contribution in [0.25, 0.3) is 0 Å². The van der Waals surface area contributed by atoms with Crippen molar-refractivity contribution < 1.29 is 19.1 Å². The van der Waals surface area contributed by atoms with Crippen LogP contribution in [0.2, 0.25) is 0 Å². The predicted molar refractivity (Wildman–Crippen MR) is 78.2 cm³/mol. The Labute approximate surface area is 123 Å². The first kappa shape index (κ1) is 15.0. The molecule has 114 valence electrons. The number of anilines is 2. The van der Waals surface area contributed by atoms with Crippen LogP contribution in [0.15, 0.2) is 18.2 Å². The molecule has 1 fully saturated rings. The lowest BCUT2D eigenvalue weighted by atomic mass is 10.2. The average molecular weight is 293 g/mol. The number of nitrogens with zero attached hydrogens (tertiary/aromatic N) is 1. The Morgan fingerprint density at radius 1 is 1.52 bits per heavy atom. The van der Waals surface area contributed by atoms with Crippen molar-refractivity contribution in [2.75, 3.05) is 37.9 Å². The number of methoxy groups -OCH3 is 1. The van der Waals surface area contributed by atoms with Crippen molar-refractivity contribution in [1.82, 2.24) is 4.90 Å². The van der Waals surface area contributed by atoms with Gasteiger partial charge in [0.1, 0.15) is 12.4 Å². The molecule has 2 amide bonds. The molecular weight excluding hydrogens is 274 g/mol. The third kappa shape index (κ3) is 4.01. The molecule has 1 aromatic carbocycles. The number of amides is 2. The molecule has 0 aromatic heterocycles. The van der Waals surface area contributed by atoms with E-state index in [2.05, 4.69) is 5.32 Å². The number of carbonyl (C=O) groups excluding carboxylic acids is 2. The van der Waals surface area contributed by atoms with Crippen molar-refractivity contribution in [2.45, 2.75) is 12.8 Å². The van der Waals surface area contributed by atoms with Gasteiger partial charge in [0, 0.05) is 24.7 Å². The normalized spacial score (nSPS) is 14.0. The summed E-state index contributed by atoms with van der Waals surface area (Å²) in [6.07, 6.45) is 0.589. The zero-order valence-electron chi connectivity index (χ0n) is 11.9. The summed E-state index contributed by atoms with van der Waals surface area (Å²) in [5.41, 5.74) is 6.80. The van der Waals surface area contributed by atoms with Gasteiger partial charge >= 0.3 is 6.09 Å². The molecule has 1 heterocycles. The third-order valence-electron chi connectivity index (χ3n) is 3.18. The molecule has 0 aliphatic carbocycles. The molecule has 21 heavy (non-hydrogen) atoms. The zero-order valence-corrected chi connectivity index (χ0v) is 11.9. The van der Waals surface area contributed by atoms with Gasteiger partial charge in [0.25, 0.3) is 0 Å². The number of carbonyl (C=O) groups is 2. The molecule has 3 N–H and O–H groups in total. The maximum atomic E-state index is 11.9. The monoisotopic (exact) mass is 293 g/mol. The highest BCUT2D eigenvalue weighted by Crippen LogP contribution is 2.26. The van der Waals surface area contributed by atoms with Crippen molar-refractivity contribution in [3.8, 4) is 5.75 Å². The number of rotatable bonds is 6. The molecule has 7 heteroatoms. The molecule has 0 saturated carbocycles. The molecule has 0 atom stereocenters. The highest BCUT2D eigenvalue weighted by molar-refractivity contribution is 5.92. The number of nitrogens with two attached hydrogens (primary N) is 1. The van der Waals surface area contributed by atoms with E-state index in [0.29, 0.717) is 49.7 Å². The number of nitrogen functional groups attached to an aromatic ring is 1. The average Bonchev–Trinajstić information content (AvgIpc) is 2.86. The largest absolute Gasteiger partial charge is 0.494 e. The Morgan fingerprint density at radius 3 is 3.00 bits per heavy atom. The smallest absolute Gasteiger partial charge is 0.409 e.